The molecule has 120 valence electrons. The van der Waals surface area contributed by atoms with Gasteiger partial charge in [0.15, 0.2) is 5.82 Å². The number of hydrogen-bond donors (Lipinski definition) is 0. The monoisotopic (exact) mass is 341 g/mol. The Hall–Kier alpha value is -1.28. The third kappa shape index (κ3) is 3.38. The van der Waals surface area contributed by atoms with E-state index < -0.39 is 9.84 Å². The van der Waals surface area contributed by atoms with Crippen LogP contribution in [0.5, 0.6) is 0 Å². The minimum absolute atomic E-state index is 0.0562. The molecule has 3 rings (SSSR count). The summed E-state index contributed by atoms with van der Waals surface area (Å²) in [5.74, 6) is 1.59. The third-order valence-electron chi connectivity index (χ3n) is 4.08. The van der Waals surface area contributed by atoms with Gasteiger partial charge in [0.05, 0.1) is 17.0 Å². The Morgan fingerprint density at radius 2 is 2.14 bits per heavy atom. The van der Waals surface area contributed by atoms with Crippen LogP contribution in [0.1, 0.15) is 50.0 Å². The van der Waals surface area contributed by atoms with E-state index in [-0.39, 0.29) is 17.9 Å². The van der Waals surface area contributed by atoms with Crippen molar-refractivity contribution in [2.75, 3.05) is 11.5 Å². The molecule has 2 aromatic rings. The Bertz CT molecular complexity index is 730. The number of aromatic nitrogens is 3. The summed E-state index contributed by atoms with van der Waals surface area (Å²) in [6.07, 6.45) is 5.09. The van der Waals surface area contributed by atoms with E-state index in [0.29, 0.717) is 17.6 Å². The lowest BCUT2D eigenvalue weighted by molar-refractivity contribution is 0.423. The molecule has 0 amide bonds. The Morgan fingerprint density at radius 1 is 1.36 bits per heavy atom. The summed E-state index contributed by atoms with van der Waals surface area (Å²) in [6, 6.07) is 0. The molecule has 1 aliphatic rings. The fourth-order valence-electron chi connectivity index (χ4n) is 2.74. The molecular weight excluding hydrogens is 322 g/mol. The van der Waals surface area contributed by atoms with Gasteiger partial charge in [0, 0.05) is 18.1 Å². The van der Waals surface area contributed by atoms with E-state index in [2.05, 4.69) is 15.1 Å². The Kier molecular flexibility index (Phi) is 4.58. The van der Waals surface area contributed by atoms with Crippen LogP contribution < -0.4 is 0 Å². The van der Waals surface area contributed by atoms with Crippen molar-refractivity contribution in [2.24, 2.45) is 0 Å². The number of sulfone groups is 1. The van der Waals surface area contributed by atoms with Crippen molar-refractivity contribution in [3.8, 4) is 10.8 Å². The van der Waals surface area contributed by atoms with E-state index in [0.717, 1.165) is 23.4 Å². The van der Waals surface area contributed by atoms with Gasteiger partial charge < -0.3 is 4.52 Å². The molecule has 2 aromatic heterocycles. The van der Waals surface area contributed by atoms with Crippen LogP contribution in [0.4, 0.5) is 0 Å². The lowest BCUT2D eigenvalue weighted by Crippen LogP contribution is -2.11. The second-order valence-corrected chi connectivity index (χ2v) is 8.88. The van der Waals surface area contributed by atoms with Crippen molar-refractivity contribution < 1.29 is 12.9 Å². The van der Waals surface area contributed by atoms with Crippen LogP contribution in [0.15, 0.2) is 10.0 Å². The van der Waals surface area contributed by atoms with Crippen LogP contribution in [-0.2, 0) is 16.3 Å². The summed E-state index contributed by atoms with van der Waals surface area (Å²) in [5.41, 5.74) is 2.87. The van der Waals surface area contributed by atoms with Gasteiger partial charge in [-0.2, -0.15) is 4.98 Å². The van der Waals surface area contributed by atoms with E-state index in [9.17, 15) is 8.42 Å². The summed E-state index contributed by atoms with van der Waals surface area (Å²) in [5, 5.41) is 3.91. The zero-order chi connectivity index (χ0) is 15.6. The van der Waals surface area contributed by atoms with Crippen LogP contribution in [0, 0.1) is 0 Å². The predicted octanol–water partition coefficient (Wildman–Crippen LogP) is 2.83. The van der Waals surface area contributed by atoms with Gasteiger partial charge in [-0.1, -0.05) is 24.9 Å². The van der Waals surface area contributed by atoms with Gasteiger partial charge in [0.2, 0.25) is 0 Å². The molecule has 0 atom stereocenters. The molecule has 0 saturated heterocycles. The molecule has 0 unspecified atom stereocenters. The first kappa shape index (κ1) is 15.6. The molecule has 22 heavy (non-hydrogen) atoms. The minimum atomic E-state index is -3.01. The average molecular weight is 341 g/mol. The molecule has 0 aromatic carbocycles. The van der Waals surface area contributed by atoms with E-state index in [1.807, 2.05) is 5.51 Å². The van der Waals surface area contributed by atoms with Crippen molar-refractivity contribution in [3.05, 3.63) is 17.0 Å². The first-order chi connectivity index (χ1) is 10.6. The molecule has 0 bridgehead atoms. The first-order valence-corrected chi connectivity index (χ1v) is 10.3. The van der Waals surface area contributed by atoms with Crippen LogP contribution in [0.3, 0.4) is 0 Å². The number of aryl methyl sites for hydroxylation is 1. The molecule has 2 heterocycles. The Morgan fingerprint density at radius 3 is 2.86 bits per heavy atom. The highest BCUT2D eigenvalue weighted by Crippen LogP contribution is 2.39. The minimum Gasteiger partial charge on any atom is -0.333 e. The van der Waals surface area contributed by atoms with Crippen molar-refractivity contribution in [1.29, 1.82) is 0 Å². The molecular formula is C14H19N3O3S2. The second-order valence-electron chi connectivity index (χ2n) is 5.55. The van der Waals surface area contributed by atoms with Crippen LogP contribution in [0.2, 0.25) is 0 Å². The van der Waals surface area contributed by atoms with Crippen molar-refractivity contribution in [2.45, 2.75) is 44.9 Å². The summed E-state index contributed by atoms with van der Waals surface area (Å²) < 4.78 is 28.4. The molecule has 0 radical (unpaired) electrons. The van der Waals surface area contributed by atoms with Gasteiger partial charge >= 0.3 is 0 Å². The zero-order valence-corrected chi connectivity index (χ0v) is 14.1. The Labute approximate surface area is 133 Å². The molecule has 1 saturated carbocycles. The highest BCUT2D eigenvalue weighted by atomic mass is 32.2. The summed E-state index contributed by atoms with van der Waals surface area (Å²) in [4.78, 5) is 9.76. The molecule has 8 heteroatoms. The summed E-state index contributed by atoms with van der Waals surface area (Å²) in [6.45, 7) is 1.64. The first-order valence-electron chi connectivity index (χ1n) is 7.56. The number of hydrogen-bond acceptors (Lipinski definition) is 7. The van der Waals surface area contributed by atoms with E-state index >= 15 is 0 Å². The second kappa shape index (κ2) is 6.45. The number of rotatable bonds is 6. The van der Waals surface area contributed by atoms with Crippen LogP contribution >= 0.6 is 11.3 Å². The maximum Gasteiger partial charge on any atom is 0.269 e. The normalized spacial score (nSPS) is 16.4. The van der Waals surface area contributed by atoms with E-state index in [1.165, 1.54) is 24.2 Å². The van der Waals surface area contributed by atoms with Crippen molar-refractivity contribution in [1.82, 2.24) is 15.1 Å². The van der Waals surface area contributed by atoms with E-state index in [1.54, 1.807) is 6.92 Å². The van der Waals surface area contributed by atoms with Crippen LogP contribution in [0.25, 0.3) is 10.8 Å². The standard InChI is InChI=1S/C14H19N3O3S2/c1-2-22(18,19)8-7-11-16-14(20-17-11)13-12(15-9-21-13)10-5-3-4-6-10/h9-10H,2-8H2,1H3. The van der Waals surface area contributed by atoms with Gasteiger partial charge in [-0.05, 0) is 12.8 Å². The molecule has 1 aliphatic carbocycles. The maximum atomic E-state index is 11.5. The molecule has 1 fully saturated rings. The highest BCUT2D eigenvalue weighted by Gasteiger charge is 2.25. The average Bonchev–Trinajstić information content (AvgIpc) is 3.23. The summed E-state index contributed by atoms with van der Waals surface area (Å²) in [7, 11) is -3.01. The van der Waals surface area contributed by atoms with Crippen molar-refractivity contribution in [3.63, 3.8) is 0 Å². The number of nitrogens with zero attached hydrogens (tertiary/aromatic N) is 3. The van der Waals surface area contributed by atoms with Gasteiger partial charge in [0.25, 0.3) is 5.89 Å². The lowest BCUT2D eigenvalue weighted by Gasteiger charge is -2.05. The topological polar surface area (TPSA) is 86.0 Å². The molecule has 0 spiro atoms. The highest BCUT2D eigenvalue weighted by molar-refractivity contribution is 7.91. The van der Waals surface area contributed by atoms with Crippen molar-refractivity contribution >= 4 is 21.2 Å². The largest absolute Gasteiger partial charge is 0.333 e. The predicted molar refractivity (Wildman–Crippen MR) is 84.6 cm³/mol. The van der Waals surface area contributed by atoms with Gasteiger partial charge in [-0.25, -0.2) is 13.4 Å². The lowest BCUT2D eigenvalue weighted by atomic mass is 10.0. The summed E-state index contributed by atoms with van der Waals surface area (Å²) >= 11 is 1.51. The Balaban J connectivity index is 1.75. The van der Waals surface area contributed by atoms with E-state index in [4.69, 9.17) is 4.52 Å². The van der Waals surface area contributed by atoms with Crippen LogP contribution in [-0.4, -0.2) is 35.0 Å². The SMILES string of the molecule is CCS(=O)(=O)CCc1noc(-c2scnc2C2CCCC2)n1. The smallest absolute Gasteiger partial charge is 0.269 e. The maximum absolute atomic E-state index is 11.5. The third-order valence-corrected chi connectivity index (χ3v) is 6.61. The van der Waals surface area contributed by atoms with Gasteiger partial charge in [0.1, 0.15) is 14.7 Å². The zero-order valence-electron chi connectivity index (χ0n) is 12.5. The number of thiazole rings is 1. The van der Waals surface area contributed by atoms with Gasteiger partial charge in [-0.15, -0.1) is 11.3 Å². The quantitative estimate of drug-likeness (QED) is 0.803. The van der Waals surface area contributed by atoms with Gasteiger partial charge in [-0.3, -0.25) is 0 Å². The molecule has 6 nitrogen and oxygen atoms in total. The fraction of sp³-hybridized carbons (Fsp3) is 0.643. The fourth-order valence-corrected chi connectivity index (χ4v) is 4.32. The molecule has 0 N–H and O–H groups in total. The molecule has 0 aliphatic heterocycles.